The summed E-state index contributed by atoms with van der Waals surface area (Å²) >= 11 is 0.890. The number of carboxylic acids is 1. The lowest BCUT2D eigenvalue weighted by Gasteiger charge is -2.33. The topological polar surface area (TPSA) is 111 Å². The summed E-state index contributed by atoms with van der Waals surface area (Å²) in [5.74, 6) is -1.42. The van der Waals surface area contributed by atoms with Gasteiger partial charge in [0.15, 0.2) is 5.13 Å². The first-order valence-electron chi connectivity index (χ1n) is 9.37. The number of rotatable bonds is 7. The van der Waals surface area contributed by atoms with Crippen molar-refractivity contribution in [3.05, 3.63) is 114 Å². The van der Waals surface area contributed by atoms with Crippen molar-refractivity contribution in [2.24, 2.45) is 5.16 Å². The summed E-state index contributed by atoms with van der Waals surface area (Å²) in [7, 11) is 0. The number of aromatic nitrogens is 2. The third kappa shape index (κ3) is 4.01. The number of benzene rings is 3. The third-order valence-electron chi connectivity index (χ3n) is 4.67. The molecule has 154 valence electrons. The highest BCUT2D eigenvalue weighted by atomic mass is 32.1. The van der Waals surface area contributed by atoms with Crippen molar-refractivity contribution in [3.8, 4) is 0 Å². The lowest BCUT2D eigenvalue weighted by Crippen LogP contribution is -2.32. The SMILES string of the molecule is Nc1nc(/C(=N/OC(c2ccccc2)(c2ccccc2)c2ccccc2)C(=O)O)ns1. The van der Waals surface area contributed by atoms with E-state index in [2.05, 4.69) is 14.5 Å². The molecule has 4 rings (SSSR count). The average molecular weight is 430 g/mol. The Kier molecular flexibility index (Phi) is 5.72. The zero-order chi connectivity index (χ0) is 21.7. The number of aliphatic carboxylic acids is 1. The predicted molar refractivity (Wildman–Crippen MR) is 119 cm³/mol. The van der Waals surface area contributed by atoms with Crippen molar-refractivity contribution in [2.45, 2.75) is 5.60 Å². The molecule has 0 aliphatic heterocycles. The van der Waals surface area contributed by atoms with Crippen molar-refractivity contribution >= 4 is 28.3 Å². The Labute approximate surface area is 182 Å². The molecule has 1 aromatic heterocycles. The van der Waals surface area contributed by atoms with Crippen LogP contribution in [0.2, 0.25) is 0 Å². The molecule has 0 amide bonds. The number of hydrogen-bond donors (Lipinski definition) is 2. The van der Waals surface area contributed by atoms with Gasteiger partial charge in [-0.05, 0) is 0 Å². The van der Waals surface area contributed by atoms with Gasteiger partial charge in [0.05, 0.1) is 0 Å². The van der Waals surface area contributed by atoms with Gasteiger partial charge in [-0.2, -0.15) is 9.36 Å². The number of oxime groups is 1. The van der Waals surface area contributed by atoms with Gasteiger partial charge in [0.1, 0.15) is 0 Å². The average Bonchev–Trinajstić information content (AvgIpc) is 3.24. The van der Waals surface area contributed by atoms with Crippen molar-refractivity contribution in [3.63, 3.8) is 0 Å². The van der Waals surface area contributed by atoms with E-state index in [1.165, 1.54) is 0 Å². The van der Waals surface area contributed by atoms with Gasteiger partial charge in [-0.25, -0.2) is 4.79 Å². The molecule has 4 aromatic rings. The standard InChI is InChI=1S/C23H18N4O3S/c24-22-25-20(27-31-22)19(21(28)29)26-30-23(16-10-4-1-5-11-16,17-12-6-2-7-13-17)18-14-8-3-9-15-18/h1-15H,(H,28,29)(H2,24,25,27)/b26-19-. The minimum atomic E-state index is -1.32. The summed E-state index contributed by atoms with van der Waals surface area (Å²) in [6.07, 6.45) is 0. The van der Waals surface area contributed by atoms with Crippen LogP contribution in [0.3, 0.4) is 0 Å². The van der Waals surface area contributed by atoms with E-state index < -0.39 is 17.3 Å². The maximum atomic E-state index is 11.9. The summed E-state index contributed by atoms with van der Waals surface area (Å²) in [5.41, 5.74) is 6.35. The zero-order valence-corrected chi connectivity index (χ0v) is 17.1. The zero-order valence-electron chi connectivity index (χ0n) is 16.3. The van der Waals surface area contributed by atoms with Gasteiger partial charge in [-0.1, -0.05) is 96.2 Å². The molecule has 0 aliphatic rings. The molecular formula is C23H18N4O3S. The highest BCUT2D eigenvalue weighted by Crippen LogP contribution is 2.40. The lowest BCUT2D eigenvalue weighted by molar-refractivity contribution is -0.129. The fraction of sp³-hybridized carbons (Fsp3) is 0.0435. The van der Waals surface area contributed by atoms with Crippen LogP contribution < -0.4 is 5.73 Å². The number of carbonyl (C=O) groups is 1. The highest BCUT2D eigenvalue weighted by molar-refractivity contribution is 7.09. The van der Waals surface area contributed by atoms with E-state index in [0.717, 1.165) is 28.2 Å². The molecule has 1 heterocycles. The fourth-order valence-electron chi connectivity index (χ4n) is 3.30. The van der Waals surface area contributed by atoms with Crippen LogP contribution in [-0.2, 0) is 15.2 Å². The number of hydrogen-bond acceptors (Lipinski definition) is 7. The van der Waals surface area contributed by atoms with Gasteiger partial charge >= 0.3 is 5.97 Å². The smallest absolute Gasteiger partial charge is 0.362 e. The Morgan fingerprint density at radius 2 is 1.32 bits per heavy atom. The predicted octanol–water partition coefficient (Wildman–Crippen LogP) is 3.92. The Morgan fingerprint density at radius 3 is 1.68 bits per heavy atom. The highest BCUT2D eigenvalue weighted by Gasteiger charge is 2.40. The van der Waals surface area contributed by atoms with Crippen LogP contribution in [0, 0.1) is 0 Å². The van der Waals surface area contributed by atoms with E-state index in [1.807, 2.05) is 91.0 Å². The first kappa shape index (κ1) is 20.2. The molecule has 0 aliphatic carbocycles. The molecule has 0 saturated heterocycles. The number of nitrogens with two attached hydrogens (primary N) is 1. The minimum absolute atomic E-state index is 0.0990. The van der Waals surface area contributed by atoms with Gasteiger partial charge in [0, 0.05) is 28.2 Å². The van der Waals surface area contributed by atoms with Crippen LogP contribution in [-0.4, -0.2) is 26.1 Å². The van der Waals surface area contributed by atoms with Crippen molar-refractivity contribution < 1.29 is 14.7 Å². The molecule has 0 atom stereocenters. The number of carboxylic acid groups (broad SMARTS) is 1. The van der Waals surface area contributed by atoms with Gasteiger partial charge in [-0.3, -0.25) is 0 Å². The second kappa shape index (κ2) is 8.76. The molecule has 0 unspecified atom stereocenters. The molecule has 31 heavy (non-hydrogen) atoms. The van der Waals surface area contributed by atoms with E-state index in [0.29, 0.717) is 0 Å². The maximum absolute atomic E-state index is 11.9. The molecule has 3 aromatic carbocycles. The summed E-state index contributed by atoms with van der Waals surface area (Å²) in [4.78, 5) is 22.0. The van der Waals surface area contributed by atoms with Crippen molar-refractivity contribution in [1.82, 2.24) is 9.36 Å². The summed E-state index contributed by atoms with van der Waals surface area (Å²) in [5, 5.41) is 13.9. The van der Waals surface area contributed by atoms with Gasteiger partial charge < -0.3 is 15.7 Å². The van der Waals surface area contributed by atoms with E-state index >= 15 is 0 Å². The molecule has 3 N–H and O–H groups in total. The fourth-order valence-corrected chi connectivity index (χ4v) is 3.73. The molecule has 8 heteroatoms. The van der Waals surface area contributed by atoms with E-state index in [9.17, 15) is 9.90 Å². The van der Waals surface area contributed by atoms with Crippen molar-refractivity contribution in [2.75, 3.05) is 5.73 Å². The molecule has 0 radical (unpaired) electrons. The monoisotopic (exact) mass is 430 g/mol. The minimum Gasteiger partial charge on any atom is -0.476 e. The van der Waals surface area contributed by atoms with E-state index in [-0.39, 0.29) is 11.0 Å². The Morgan fingerprint density at radius 1 is 0.871 bits per heavy atom. The Bertz CT molecular complexity index is 1100. The summed E-state index contributed by atoms with van der Waals surface area (Å²) in [6.45, 7) is 0. The van der Waals surface area contributed by atoms with Crippen LogP contribution >= 0.6 is 11.5 Å². The molecule has 0 saturated carbocycles. The third-order valence-corrected chi connectivity index (χ3v) is 5.21. The van der Waals surface area contributed by atoms with Gasteiger partial charge in [-0.15, -0.1) is 0 Å². The second-order valence-corrected chi connectivity index (χ2v) is 7.36. The molecule has 7 nitrogen and oxygen atoms in total. The second-order valence-electron chi connectivity index (χ2n) is 6.57. The normalized spacial score (nSPS) is 11.8. The Balaban J connectivity index is 1.95. The van der Waals surface area contributed by atoms with Crippen LogP contribution in [0.1, 0.15) is 22.5 Å². The first-order valence-corrected chi connectivity index (χ1v) is 10.1. The van der Waals surface area contributed by atoms with Crippen LogP contribution in [0.4, 0.5) is 5.13 Å². The van der Waals surface area contributed by atoms with E-state index in [4.69, 9.17) is 10.6 Å². The largest absolute Gasteiger partial charge is 0.476 e. The molecule has 0 bridgehead atoms. The molecular weight excluding hydrogens is 412 g/mol. The Hall–Kier alpha value is -4.04. The summed E-state index contributed by atoms with van der Waals surface area (Å²) < 4.78 is 3.97. The first-order chi connectivity index (χ1) is 15.1. The van der Waals surface area contributed by atoms with E-state index in [1.54, 1.807) is 0 Å². The van der Waals surface area contributed by atoms with Crippen LogP contribution in [0.25, 0.3) is 0 Å². The lowest BCUT2D eigenvalue weighted by atomic mass is 9.80. The van der Waals surface area contributed by atoms with Crippen LogP contribution in [0.5, 0.6) is 0 Å². The maximum Gasteiger partial charge on any atom is 0.362 e. The van der Waals surface area contributed by atoms with Crippen molar-refractivity contribution in [1.29, 1.82) is 0 Å². The quantitative estimate of drug-likeness (QED) is 0.261. The van der Waals surface area contributed by atoms with Crippen LogP contribution in [0.15, 0.2) is 96.2 Å². The van der Waals surface area contributed by atoms with Gasteiger partial charge in [0.2, 0.25) is 17.1 Å². The number of nitrogen functional groups attached to an aromatic ring is 1. The number of anilines is 1. The number of nitrogens with zero attached hydrogens (tertiary/aromatic N) is 3. The summed E-state index contributed by atoms with van der Waals surface area (Å²) in [6, 6.07) is 28.5. The molecule has 0 fully saturated rings. The molecule has 0 spiro atoms. The van der Waals surface area contributed by atoms with Gasteiger partial charge in [0.25, 0.3) is 0 Å².